The van der Waals surface area contributed by atoms with Crippen molar-refractivity contribution >= 4 is 17.7 Å². The first-order valence-electron chi connectivity index (χ1n) is 6.47. The van der Waals surface area contributed by atoms with E-state index in [1.807, 2.05) is 13.8 Å². The lowest BCUT2D eigenvalue weighted by Gasteiger charge is -2.34. The van der Waals surface area contributed by atoms with E-state index in [4.69, 9.17) is 0 Å². The van der Waals surface area contributed by atoms with Gasteiger partial charge in [0.2, 0.25) is 0 Å². The van der Waals surface area contributed by atoms with Gasteiger partial charge in [0.05, 0.1) is 6.54 Å². The topological polar surface area (TPSA) is 69.6 Å². The number of carbonyl (C=O) groups is 2. The number of amides is 2. The fraction of sp³-hybridized carbons (Fsp3) is 0.429. The predicted molar refractivity (Wildman–Crippen MR) is 71.8 cm³/mol. The quantitative estimate of drug-likeness (QED) is 0.890. The SMILES string of the molecule is CC(C)C[C@@H](C(=O)O)N1Cc2cc(F)ccc2NC1=O. The molecule has 1 aromatic carbocycles. The summed E-state index contributed by atoms with van der Waals surface area (Å²) < 4.78 is 13.2. The first-order chi connectivity index (χ1) is 9.38. The number of carbonyl (C=O) groups excluding carboxylic acids is 1. The van der Waals surface area contributed by atoms with Gasteiger partial charge in [-0.15, -0.1) is 0 Å². The summed E-state index contributed by atoms with van der Waals surface area (Å²) in [6.45, 7) is 3.89. The number of nitrogens with zero attached hydrogens (tertiary/aromatic N) is 1. The number of hydrogen-bond acceptors (Lipinski definition) is 2. The Morgan fingerprint density at radius 1 is 1.50 bits per heavy atom. The fourth-order valence-corrected chi connectivity index (χ4v) is 2.32. The minimum atomic E-state index is -1.05. The molecule has 2 amide bonds. The Bertz CT molecular complexity index is 545. The summed E-state index contributed by atoms with van der Waals surface area (Å²) >= 11 is 0. The van der Waals surface area contributed by atoms with Crippen molar-refractivity contribution in [3.8, 4) is 0 Å². The van der Waals surface area contributed by atoms with E-state index in [1.165, 1.54) is 23.1 Å². The standard InChI is InChI=1S/C14H17FN2O3/c1-8(2)5-12(13(18)19)17-7-9-6-10(15)3-4-11(9)16-14(17)20/h3-4,6,8,12H,5,7H2,1-2H3,(H,16,20)(H,18,19)/t12-/m0/s1. The van der Waals surface area contributed by atoms with E-state index in [0.29, 0.717) is 17.7 Å². The number of hydrogen-bond donors (Lipinski definition) is 2. The lowest BCUT2D eigenvalue weighted by Crippen LogP contribution is -2.49. The second-order valence-electron chi connectivity index (χ2n) is 5.34. The van der Waals surface area contributed by atoms with E-state index in [1.54, 1.807) is 0 Å². The summed E-state index contributed by atoms with van der Waals surface area (Å²) in [6, 6.07) is 2.69. The molecule has 0 aromatic heterocycles. The Hall–Kier alpha value is -2.11. The summed E-state index contributed by atoms with van der Waals surface area (Å²) in [7, 11) is 0. The van der Waals surface area contributed by atoms with Crippen LogP contribution in [0, 0.1) is 11.7 Å². The fourth-order valence-electron chi connectivity index (χ4n) is 2.32. The zero-order valence-corrected chi connectivity index (χ0v) is 11.4. The van der Waals surface area contributed by atoms with Crippen LogP contribution in [0.1, 0.15) is 25.8 Å². The number of urea groups is 1. The van der Waals surface area contributed by atoms with E-state index in [9.17, 15) is 19.1 Å². The van der Waals surface area contributed by atoms with Crippen molar-refractivity contribution in [2.24, 2.45) is 5.92 Å². The Balaban J connectivity index is 2.28. The minimum absolute atomic E-state index is 0.0998. The third-order valence-corrected chi connectivity index (χ3v) is 3.27. The maximum absolute atomic E-state index is 13.2. The molecule has 1 aliphatic heterocycles. The van der Waals surface area contributed by atoms with E-state index >= 15 is 0 Å². The van der Waals surface area contributed by atoms with Crippen LogP contribution in [0.4, 0.5) is 14.9 Å². The normalized spacial score (nSPS) is 15.8. The van der Waals surface area contributed by atoms with E-state index in [-0.39, 0.29) is 12.5 Å². The molecule has 2 rings (SSSR count). The molecular weight excluding hydrogens is 263 g/mol. The number of aliphatic carboxylic acids is 1. The van der Waals surface area contributed by atoms with Crippen molar-refractivity contribution in [2.45, 2.75) is 32.9 Å². The zero-order valence-electron chi connectivity index (χ0n) is 11.4. The summed E-state index contributed by atoms with van der Waals surface area (Å²) in [5.74, 6) is -1.32. The molecule has 0 aliphatic carbocycles. The number of nitrogens with one attached hydrogen (secondary N) is 1. The Kier molecular flexibility index (Phi) is 3.92. The zero-order chi connectivity index (χ0) is 14.9. The first kappa shape index (κ1) is 14.3. The minimum Gasteiger partial charge on any atom is -0.480 e. The number of rotatable bonds is 4. The second kappa shape index (κ2) is 5.48. The average Bonchev–Trinajstić information content (AvgIpc) is 2.35. The molecule has 0 fully saturated rings. The molecule has 0 saturated carbocycles. The molecule has 0 bridgehead atoms. The third-order valence-electron chi connectivity index (χ3n) is 3.27. The van der Waals surface area contributed by atoms with Crippen LogP contribution >= 0.6 is 0 Å². The summed E-state index contributed by atoms with van der Waals surface area (Å²) in [4.78, 5) is 24.6. The van der Waals surface area contributed by atoms with E-state index in [0.717, 1.165) is 0 Å². The van der Waals surface area contributed by atoms with Crippen molar-refractivity contribution in [1.82, 2.24) is 4.90 Å². The summed E-state index contributed by atoms with van der Waals surface area (Å²) in [6.07, 6.45) is 0.355. The molecule has 5 nitrogen and oxygen atoms in total. The van der Waals surface area contributed by atoms with Gasteiger partial charge < -0.3 is 15.3 Å². The monoisotopic (exact) mass is 280 g/mol. The highest BCUT2D eigenvalue weighted by Crippen LogP contribution is 2.27. The first-order valence-corrected chi connectivity index (χ1v) is 6.47. The average molecular weight is 280 g/mol. The number of anilines is 1. The third kappa shape index (κ3) is 2.89. The van der Waals surface area contributed by atoms with Gasteiger partial charge in [-0.2, -0.15) is 0 Å². The maximum Gasteiger partial charge on any atom is 0.326 e. The molecule has 1 aliphatic rings. The van der Waals surface area contributed by atoms with Gasteiger partial charge in [0.15, 0.2) is 0 Å². The highest BCUT2D eigenvalue weighted by molar-refractivity contribution is 5.94. The van der Waals surface area contributed by atoms with Crippen molar-refractivity contribution in [1.29, 1.82) is 0 Å². The van der Waals surface area contributed by atoms with Crippen LogP contribution in [0.25, 0.3) is 0 Å². The van der Waals surface area contributed by atoms with Crippen molar-refractivity contribution in [2.75, 3.05) is 5.32 Å². The molecular formula is C14H17FN2O3. The summed E-state index contributed by atoms with van der Waals surface area (Å²) in [5.41, 5.74) is 1.11. The number of carboxylic acid groups (broad SMARTS) is 1. The molecule has 0 saturated heterocycles. The molecule has 1 heterocycles. The molecule has 1 atom stereocenters. The molecule has 20 heavy (non-hydrogen) atoms. The van der Waals surface area contributed by atoms with Gasteiger partial charge >= 0.3 is 12.0 Å². The lowest BCUT2D eigenvalue weighted by molar-refractivity contribution is -0.142. The molecule has 108 valence electrons. The van der Waals surface area contributed by atoms with Crippen LogP contribution in [0.15, 0.2) is 18.2 Å². The van der Waals surface area contributed by atoms with Crippen molar-refractivity contribution < 1.29 is 19.1 Å². The number of halogens is 1. The van der Waals surface area contributed by atoms with Gasteiger partial charge in [0.25, 0.3) is 0 Å². The van der Waals surface area contributed by atoms with Gasteiger partial charge in [-0.05, 0) is 36.1 Å². The van der Waals surface area contributed by atoms with Crippen LogP contribution < -0.4 is 5.32 Å². The lowest BCUT2D eigenvalue weighted by atomic mass is 10.0. The van der Waals surface area contributed by atoms with Gasteiger partial charge in [-0.25, -0.2) is 14.0 Å². The number of carboxylic acids is 1. The number of benzene rings is 1. The van der Waals surface area contributed by atoms with Gasteiger partial charge in [-0.3, -0.25) is 0 Å². The Labute approximate surface area is 116 Å². The molecule has 2 N–H and O–H groups in total. The van der Waals surface area contributed by atoms with Crippen LogP contribution in [0.2, 0.25) is 0 Å². The van der Waals surface area contributed by atoms with E-state index < -0.39 is 23.9 Å². The molecule has 0 radical (unpaired) electrons. The highest BCUT2D eigenvalue weighted by atomic mass is 19.1. The summed E-state index contributed by atoms with van der Waals surface area (Å²) in [5, 5.41) is 11.9. The van der Waals surface area contributed by atoms with Gasteiger partial charge in [0.1, 0.15) is 11.9 Å². The van der Waals surface area contributed by atoms with Crippen molar-refractivity contribution in [3.63, 3.8) is 0 Å². The van der Waals surface area contributed by atoms with E-state index in [2.05, 4.69) is 5.32 Å². The maximum atomic E-state index is 13.2. The van der Waals surface area contributed by atoms with Crippen molar-refractivity contribution in [3.05, 3.63) is 29.6 Å². The second-order valence-corrected chi connectivity index (χ2v) is 5.34. The van der Waals surface area contributed by atoms with Crippen LogP contribution in [-0.2, 0) is 11.3 Å². The van der Waals surface area contributed by atoms with Crippen LogP contribution in [0.5, 0.6) is 0 Å². The van der Waals surface area contributed by atoms with Gasteiger partial charge in [0, 0.05) is 5.69 Å². The largest absolute Gasteiger partial charge is 0.480 e. The molecule has 0 unspecified atom stereocenters. The Morgan fingerprint density at radius 3 is 2.80 bits per heavy atom. The smallest absolute Gasteiger partial charge is 0.326 e. The molecule has 6 heteroatoms. The highest BCUT2D eigenvalue weighted by Gasteiger charge is 2.33. The van der Waals surface area contributed by atoms with Gasteiger partial charge in [-0.1, -0.05) is 13.8 Å². The number of fused-ring (bicyclic) bond motifs is 1. The molecule has 0 spiro atoms. The molecule has 1 aromatic rings. The van der Waals surface area contributed by atoms with Crippen LogP contribution in [-0.4, -0.2) is 28.0 Å². The predicted octanol–water partition coefficient (Wildman–Crippen LogP) is 2.67. The Morgan fingerprint density at radius 2 is 2.20 bits per heavy atom. The van der Waals surface area contributed by atoms with Crippen LogP contribution in [0.3, 0.4) is 0 Å².